The van der Waals surface area contributed by atoms with Crippen LogP contribution in [0.3, 0.4) is 0 Å². The van der Waals surface area contributed by atoms with Crippen molar-refractivity contribution in [2.24, 2.45) is 7.05 Å². The molecule has 0 bridgehead atoms. The van der Waals surface area contributed by atoms with Crippen molar-refractivity contribution in [3.8, 4) is 0 Å². The Hall–Kier alpha value is -2.63. The van der Waals surface area contributed by atoms with Crippen LogP contribution in [0.25, 0.3) is 0 Å². The molecule has 0 spiro atoms. The minimum Gasteiger partial charge on any atom is -0.343 e. The molecule has 1 N–H and O–H groups in total. The van der Waals surface area contributed by atoms with Crippen LogP contribution in [-0.4, -0.2) is 39.6 Å². The van der Waals surface area contributed by atoms with Gasteiger partial charge in [-0.05, 0) is 42.9 Å². The number of likely N-dealkylation sites (tertiary alicyclic amines) is 1. The van der Waals surface area contributed by atoms with Crippen molar-refractivity contribution in [3.05, 3.63) is 47.3 Å². The van der Waals surface area contributed by atoms with Crippen molar-refractivity contribution in [1.82, 2.24) is 14.7 Å². The minimum atomic E-state index is -0.149. The van der Waals surface area contributed by atoms with E-state index in [1.165, 1.54) is 0 Å². The Kier molecular flexibility index (Phi) is 5.94. The lowest BCUT2D eigenvalue weighted by Gasteiger charge is -2.15. The van der Waals surface area contributed by atoms with Crippen LogP contribution in [0.5, 0.6) is 0 Å². The van der Waals surface area contributed by atoms with E-state index in [1.807, 2.05) is 50.1 Å². The number of aryl methyl sites for hydroxylation is 2. The lowest BCUT2D eigenvalue weighted by Crippen LogP contribution is -2.27. The first-order chi connectivity index (χ1) is 12.9. The lowest BCUT2D eigenvalue weighted by molar-refractivity contribution is -0.130. The Labute approximate surface area is 160 Å². The van der Waals surface area contributed by atoms with Gasteiger partial charge >= 0.3 is 0 Å². The smallest absolute Gasteiger partial charge is 0.259 e. The number of hydrogen-bond donors (Lipinski definition) is 1. The van der Waals surface area contributed by atoms with Crippen LogP contribution < -0.4 is 5.32 Å². The number of benzene rings is 1. The number of hydrogen-bond acceptors (Lipinski definition) is 3. The maximum atomic E-state index is 12.6. The summed E-state index contributed by atoms with van der Waals surface area (Å²) in [5.74, 6) is 0.272. The Balaban J connectivity index is 1.57. The topological polar surface area (TPSA) is 67.2 Å². The van der Waals surface area contributed by atoms with Crippen molar-refractivity contribution in [2.75, 3.05) is 18.4 Å². The van der Waals surface area contributed by atoms with Crippen LogP contribution in [-0.2, 0) is 18.3 Å². The van der Waals surface area contributed by atoms with Crippen molar-refractivity contribution < 1.29 is 9.59 Å². The fraction of sp³-hybridized carbons (Fsp3) is 0.476. The molecule has 1 aromatic carbocycles. The SMILES string of the molecule is CC(C)c1nn(C)cc1C(=O)Nc1ccc(CCC(=O)N2CCCC2)cc1. The molecule has 0 unspecified atom stereocenters. The molecule has 1 aromatic heterocycles. The minimum absolute atomic E-state index is 0.149. The van der Waals surface area contributed by atoms with Gasteiger partial charge in [-0.15, -0.1) is 0 Å². The van der Waals surface area contributed by atoms with Gasteiger partial charge in [0, 0.05) is 38.4 Å². The third-order valence-corrected chi connectivity index (χ3v) is 4.95. The summed E-state index contributed by atoms with van der Waals surface area (Å²) in [7, 11) is 1.82. The molecule has 1 saturated heterocycles. The molecular formula is C21H28N4O2. The number of carbonyl (C=O) groups is 2. The van der Waals surface area contributed by atoms with Crippen LogP contribution in [0.2, 0.25) is 0 Å². The highest BCUT2D eigenvalue weighted by atomic mass is 16.2. The number of nitrogens with one attached hydrogen (secondary N) is 1. The number of aromatic nitrogens is 2. The van der Waals surface area contributed by atoms with Crippen molar-refractivity contribution >= 4 is 17.5 Å². The number of amides is 2. The van der Waals surface area contributed by atoms with E-state index in [1.54, 1.807) is 10.9 Å². The quantitative estimate of drug-likeness (QED) is 0.850. The summed E-state index contributed by atoms with van der Waals surface area (Å²) in [6.45, 7) is 5.85. The summed E-state index contributed by atoms with van der Waals surface area (Å²) in [4.78, 5) is 26.7. The maximum absolute atomic E-state index is 12.6. The third kappa shape index (κ3) is 4.76. The molecule has 1 fully saturated rings. The predicted octanol–water partition coefficient (Wildman–Crippen LogP) is 3.35. The summed E-state index contributed by atoms with van der Waals surface area (Å²) < 4.78 is 1.67. The molecule has 2 aromatic rings. The molecule has 6 nitrogen and oxygen atoms in total. The fourth-order valence-corrected chi connectivity index (χ4v) is 3.44. The van der Waals surface area contributed by atoms with Crippen LogP contribution in [0.15, 0.2) is 30.5 Å². The third-order valence-electron chi connectivity index (χ3n) is 4.95. The Morgan fingerprint density at radius 2 is 1.81 bits per heavy atom. The molecule has 0 saturated carbocycles. The van der Waals surface area contributed by atoms with Gasteiger partial charge in [-0.25, -0.2) is 0 Å². The number of nitrogens with zero attached hydrogens (tertiary/aromatic N) is 3. The van der Waals surface area contributed by atoms with Gasteiger partial charge in [-0.2, -0.15) is 5.10 Å². The monoisotopic (exact) mass is 368 g/mol. The molecule has 6 heteroatoms. The molecule has 0 radical (unpaired) electrons. The second kappa shape index (κ2) is 8.37. The van der Waals surface area contributed by atoms with E-state index in [9.17, 15) is 9.59 Å². The largest absolute Gasteiger partial charge is 0.343 e. The first kappa shape index (κ1) is 19.1. The van der Waals surface area contributed by atoms with Crippen LogP contribution >= 0.6 is 0 Å². The predicted molar refractivity (Wildman–Crippen MR) is 106 cm³/mol. The highest BCUT2D eigenvalue weighted by molar-refractivity contribution is 6.05. The molecule has 0 aliphatic carbocycles. The molecule has 3 rings (SSSR count). The summed E-state index contributed by atoms with van der Waals surface area (Å²) in [6.07, 6.45) is 5.26. The van der Waals surface area contributed by atoms with Gasteiger partial charge in [0.2, 0.25) is 5.91 Å². The Morgan fingerprint density at radius 3 is 2.44 bits per heavy atom. The Bertz CT molecular complexity index is 802. The van der Waals surface area contributed by atoms with Crippen LogP contribution in [0.4, 0.5) is 5.69 Å². The van der Waals surface area contributed by atoms with E-state index in [4.69, 9.17) is 0 Å². The highest BCUT2D eigenvalue weighted by Gasteiger charge is 2.19. The molecule has 2 heterocycles. The van der Waals surface area contributed by atoms with Gasteiger partial charge < -0.3 is 10.2 Å². The van der Waals surface area contributed by atoms with Gasteiger partial charge in [0.05, 0.1) is 11.3 Å². The van der Waals surface area contributed by atoms with Crippen LogP contribution in [0, 0.1) is 0 Å². The normalized spacial score (nSPS) is 14.0. The molecule has 27 heavy (non-hydrogen) atoms. The zero-order valence-electron chi connectivity index (χ0n) is 16.4. The van der Waals surface area contributed by atoms with E-state index in [2.05, 4.69) is 10.4 Å². The van der Waals surface area contributed by atoms with E-state index < -0.39 is 0 Å². The average Bonchev–Trinajstić information content (AvgIpc) is 3.30. The number of anilines is 1. The second-order valence-corrected chi connectivity index (χ2v) is 7.50. The maximum Gasteiger partial charge on any atom is 0.259 e. The highest BCUT2D eigenvalue weighted by Crippen LogP contribution is 2.19. The van der Waals surface area contributed by atoms with Gasteiger partial charge in [0.15, 0.2) is 0 Å². The molecule has 2 amide bonds. The summed E-state index contributed by atoms with van der Waals surface area (Å²) in [6, 6.07) is 7.72. The van der Waals surface area contributed by atoms with Gasteiger partial charge in [0.1, 0.15) is 0 Å². The zero-order chi connectivity index (χ0) is 19.4. The van der Waals surface area contributed by atoms with Crippen molar-refractivity contribution in [1.29, 1.82) is 0 Å². The molecule has 0 atom stereocenters. The standard InChI is InChI=1S/C21H28N4O2/c1-15(2)20-18(14-24(3)23-20)21(27)22-17-9-6-16(7-10-17)8-11-19(26)25-12-4-5-13-25/h6-7,9-10,14-15H,4-5,8,11-13H2,1-3H3,(H,22,27). The number of carbonyl (C=O) groups excluding carboxylic acids is 2. The van der Waals surface area contributed by atoms with E-state index >= 15 is 0 Å². The first-order valence-corrected chi connectivity index (χ1v) is 9.65. The van der Waals surface area contributed by atoms with E-state index in [-0.39, 0.29) is 17.7 Å². The van der Waals surface area contributed by atoms with Gasteiger partial charge in [0.25, 0.3) is 5.91 Å². The molecule has 1 aliphatic rings. The molecule has 1 aliphatic heterocycles. The summed E-state index contributed by atoms with van der Waals surface area (Å²) in [5.41, 5.74) is 3.25. The molecular weight excluding hydrogens is 340 g/mol. The van der Waals surface area contributed by atoms with Crippen LogP contribution in [0.1, 0.15) is 60.6 Å². The first-order valence-electron chi connectivity index (χ1n) is 9.65. The molecule has 144 valence electrons. The zero-order valence-corrected chi connectivity index (χ0v) is 16.4. The van der Waals surface area contributed by atoms with Gasteiger partial charge in [-0.1, -0.05) is 26.0 Å². The van der Waals surface area contributed by atoms with Crippen molar-refractivity contribution in [2.45, 2.75) is 45.4 Å². The van der Waals surface area contributed by atoms with E-state index in [0.717, 1.165) is 49.3 Å². The number of rotatable bonds is 6. The van der Waals surface area contributed by atoms with Crippen molar-refractivity contribution in [3.63, 3.8) is 0 Å². The average molecular weight is 368 g/mol. The summed E-state index contributed by atoms with van der Waals surface area (Å²) in [5, 5.41) is 7.32. The Morgan fingerprint density at radius 1 is 1.15 bits per heavy atom. The second-order valence-electron chi connectivity index (χ2n) is 7.50. The lowest BCUT2D eigenvalue weighted by atomic mass is 10.1. The summed E-state index contributed by atoms with van der Waals surface area (Å²) >= 11 is 0. The fourth-order valence-electron chi connectivity index (χ4n) is 3.44. The van der Waals surface area contributed by atoms with E-state index in [0.29, 0.717) is 12.0 Å². The van der Waals surface area contributed by atoms with Gasteiger partial charge in [-0.3, -0.25) is 14.3 Å².